The lowest BCUT2D eigenvalue weighted by molar-refractivity contribution is 0.0896. The van der Waals surface area contributed by atoms with E-state index in [1.165, 1.54) is 6.42 Å². The molecule has 1 aliphatic rings. The van der Waals surface area contributed by atoms with Crippen LogP contribution in [0, 0.1) is 5.92 Å². The molecule has 1 saturated carbocycles. The molecule has 0 radical (unpaired) electrons. The van der Waals surface area contributed by atoms with Crippen LogP contribution in [0.3, 0.4) is 0 Å². The van der Waals surface area contributed by atoms with Crippen LogP contribution in [0.2, 0.25) is 0 Å². The number of Topliss-reactive ketones (excluding diaryl/α,β-unsaturated/α-hetero) is 1. The van der Waals surface area contributed by atoms with E-state index in [1.54, 1.807) is 12.4 Å². The summed E-state index contributed by atoms with van der Waals surface area (Å²) in [6.45, 7) is 0. The summed E-state index contributed by atoms with van der Waals surface area (Å²) in [5.41, 5.74) is 7.03. The summed E-state index contributed by atoms with van der Waals surface area (Å²) < 4.78 is 0. The second-order valence-electron chi connectivity index (χ2n) is 5.67. The van der Waals surface area contributed by atoms with Crippen molar-refractivity contribution in [3.8, 4) is 0 Å². The molecule has 1 fully saturated rings. The van der Waals surface area contributed by atoms with E-state index in [-0.39, 0.29) is 17.7 Å². The van der Waals surface area contributed by atoms with E-state index in [2.05, 4.69) is 4.98 Å². The first-order valence-electron chi connectivity index (χ1n) is 7.40. The molecule has 0 spiro atoms. The average Bonchev–Trinajstić information content (AvgIpc) is 2.70. The van der Waals surface area contributed by atoms with Crippen LogP contribution in [0.4, 0.5) is 0 Å². The Labute approximate surface area is 119 Å². The number of benzene rings is 1. The summed E-state index contributed by atoms with van der Waals surface area (Å²) in [4.78, 5) is 17.0. The quantitative estimate of drug-likeness (QED) is 0.671. The van der Waals surface area contributed by atoms with Gasteiger partial charge in [0, 0.05) is 35.3 Å². The summed E-state index contributed by atoms with van der Waals surface area (Å²) in [7, 11) is 0. The predicted molar refractivity (Wildman–Crippen MR) is 80.6 cm³/mol. The lowest BCUT2D eigenvalue weighted by Crippen LogP contribution is -2.34. The smallest absolute Gasteiger partial charge is 0.168 e. The summed E-state index contributed by atoms with van der Waals surface area (Å²) >= 11 is 0. The number of ketones is 1. The minimum atomic E-state index is -0.0312. The molecule has 0 bridgehead atoms. The number of nitrogens with two attached hydrogens (primary N) is 1. The lowest BCUT2D eigenvalue weighted by atomic mass is 9.86. The number of aromatic nitrogens is 1. The normalized spacial score (nSPS) is 23.4. The molecule has 1 aliphatic carbocycles. The van der Waals surface area contributed by atoms with Crippen molar-refractivity contribution in [2.24, 2.45) is 11.7 Å². The molecule has 20 heavy (non-hydrogen) atoms. The Balaban J connectivity index is 1.99. The number of nitrogens with zero attached hydrogens (tertiary/aromatic N) is 1. The van der Waals surface area contributed by atoms with E-state index in [0.29, 0.717) is 0 Å². The van der Waals surface area contributed by atoms with Crippen LogP contribution >= 0.6 is 0 Å². The first kappa shape index (κ1) is 13.3. The topological polar surface area (TPSA) is 56.0 Å². The SMILES string of the molecule is NC1CCCCCC1C(=O)c1cccc2cnccc12. The molecule has 3 heteroatoms. The third-order valence-electron chi connectivity index (χ3n) is 4.35. The molecule has 0 amide bonds. The predicted octanol–water partition coefficient (Wildman–Crippen LogP) is 3.33. The molecule has 1 aromatic carbocycles. The van der Waals surface area contributed by atoms with Crippen molar-refractivity contribution in [2.75, 3.05) is 0 Å². The number of hydrogen-bond donors (Lipinski definition) is 1. The van der Waals surface area contributed by atoms with Gasteiger partial charge in [-0.1, -0.05) is 37.5 Å². The zero-order valence-electron chi connectivity index (χ0n) is 11.6. The van der Waals surface area contributed by atoms with Gasteiger partial charge >= 0.3 is 0 Å². The molecule has 2 aromatic rings. The molecule has 3 rings (SSSR count). The zero-order chi connectivity index (χ0) is 13.9. The summed E-state index contributed by atoms with van der Waals surface area (Å²) in [5, 5.41) is 2.00. The molecule has 1 heterocycles. The van der Waals surface area contributed by atoms with Gasteiger partial charge in [-0.3, -0.25) is 9.78 Å². The summed E-state index contributed by atoms with van der Waals surface area (Å²) in [5.74, 6) is 0.174. The van der Waals surface area contributed by atoms with Crippen LogP contribution in [-0.2, 0) is 0 Å². The maximum absolute atomic E-state index is 12.9. The highest BCUT2D eigenvalue weighted by Gasteiger charge is 2.28. The maximum atomic E-state index is 12.9. The Kier molecular flexibility index (Phi) is 3.79. The highest BCUT2D eigenvalue weighted by atomic mass is 16.1. The van der Waals surface area contributed by atoms with E-state index in [0.717, 1.165) is 42.0 Å². The fraction of sp³-hybridized carbons (Fsp3) is 0.412. The molecule has 1 aromatic heterocycles. The molecule has 0 aliphatic heterocycles. The third kappa shape index (κ3) is 2.46. The van der Waals surface area contributed by atoms with Gasteiger partial charge in [0.1, 0.15) is 0 Å². The van der Waals surface area contributed by atoms with Crippen LogP contribution in [0.1, 0.15) is 42.5 Å². The first-order valence-corrected chi connectivity index (χ1v) is 7.40. The molecule has 0 saturated heterocycles. The lowest BCUT2D eigenvalue weighted by Gasteiger charge is -2.20. The van der Waals surface area contributed by atoms with Crippen molar-refractivity contribution >= 4 is 16.6 Å². The van der Waals surface area contributed by atoms with Gasteiger partial charge in [-0.05, 0) is 24.3 Å². The number of hydrogen-bond acceptors (Lipinski definition) is 3. The minimum Gasteiger partial charge on any atom is -0.327 e. The van der Waals surface area contributed by atoms with E-state index in [9.17, 15) is 4.79 Å². The van der Waals surface area contributed by atoms with Gasteiger partial charge in [0.2, 0.25) is 0 Å². The van der Waals surface area contributed by atoms with Gasteiger partial charge in [-0.2, -0.15) is 0 Å². The second kappa shape index (κ2) is 5.71. The first-order chi connectivity index (χ1) is 9.77. The number of fused-ring (bicyclic) bond motifs is 1. The molecule has 104 valence electrons. The van der Waals surface area contributed by atoms with Crippen LogP contribution in [0.15, 0.2) is 36.7 Å². The Bertz CT molecular complexity index is 618. The monoisotopic (exact) mass is 268 g/mol. The Hall–Kier alpha value is -1.74. The molecule has 2 unspecified atom stereocenters. The molecule has 2 atom stereocenters. The van der Waals surface area contributed by atoms with Crippen molar-refractivity contribution in [1.82, 2.24) is 4.98 Å². The highest BCUT2D eigenvalue weighted by Crippen LogP contribution is 2.28. The number of carbonyl (C=O) groups excluding carboxylic acids is 1. The fourth-order valence-electron chi connectivity index (χ4n) is 3.20. The average molecular weight is 268 g/mol. The van der Waals surface area contributed by atoms with E-state index >= 15 is 0 Å². The van der Waals surface area contributed by atoms with Crippen molar-refractivity contribution in [2.45, 2.75) is 38.1 Å². The number of carbonyl (C=O) groups is 1. The number of pyridine rings is 1. The fourth-order valence-corrected chi connectivity index (χ4v) is 3.20. The van der Waals surface area contributed by atoms with Gasteiger partial charge in [-0.15, -0.1) is 0 Å². The standard InChI is InChI=1S/C17H20N2O/c18-16-8-3-1-2-6-15(16)17(20)14-7-4-5-12-11-19-10-9-13(12)14/h4-5,7,9-11,15-16H,1-3,6,8,18H2. The van der Waals surface area contributed by atoms with Gasteiger partial charge in [0.25, 0.3) is 0 Å². The van der Waals surface area contributed by atoms with E-state index in [4.69, 9.17) is 5.73 Å². The van der Waals surface area contributed by atoms with Gasteiger partial charge < -0.3 is 5.73 Å². The summed E-state index contributed by atoms with van der Waals surface area (Å²) in [6, 6.07) is 7.76. The van der Waals surface area contributed by atoms with Crippen LogP contribution in [0.5, 0.6) is 0 Å². The molecule has 3 nitrogen and oxygen atoms in total. The van der Waals surface area contributed by atoms with Crippen LogP contribution in [0.25, 0.3) is 10.8 Å². The van der Waals surface area contributed by atoms with Gasteiger partial charge in [0.05, 0.1) is 0 Å². The zero-order valence-corrected chi connectivity index (χ0v) is 11.6. The molecular formula is C17H20N2O. The van der Waals surface area contributed by atoms with Crippen molar-refractivity contribution < 1.29 is 4.79 Å². The molecule has 2 N–H and O–H groups in total. The van der Waals surface area contributed by atoms with Gasteiger partial charge in [-0.25, -0.2) is 0 Å². The Morgan fingerprint density at radius 2 is 2.00 bits per heavy atom. The highest BCUT2D eigenvalue weighted by molar-refractivity contribution is 6.09. The maximum Gasteiger partial charge on any atom is 0.168 e. The Morgan fingerprint density at radius 3 is 2.90 bits per heavy atom. The largest absolute Gasteiger partial charge is 0.327 e. The van der Waals surface area contributed by atoms with E-state index in [1.807, 2.05) is 24.3 Å². The summed E-state index contributed by atoms with van der Waals surface area (Å²) in [6.07, 6.45) is 8.87. The minimum absolute atomic E-state index is 0.00194. The van der Waals surface area contributed by atoms with E-state index < -0.39 is 0 Å². The van der Waals surface area contributed by atoms with Crippen molar-refractivity contribution in [3.63, 3.8) is 0 Å². The number of rotatable bonds is 2. The second-order valence-corrected chi connectivity index (χ2v) is 5.67. The van der Waals surface area contributed by atoms with Crippen molar-refractivity contribution in [3.05, 3.63) is 42.2 Å². The molecular weight excluding hydrogens is 248 g/mol. The Morgan fingerprint density at radius 1 is 1.15 bits per heavy atom. The third-order valence-corrected chi connectivity index (χ3v) is 4.35. The van der Waals surface area contributed by atoms with Crippen LogP contribution < -0.4 is 5.73 Å². The van der Waals surface area contributed by atoms with Crippen molar-refractivity contribution in [1.29, 1.82) is 0 Å². The van der Waals surface area contributed by atoms with Gasteiger partial charge in [0.15, 0.2) is 5.78 Å². The van der Waals surface area contributed by atoms with Crippen LogP contribution in [-0.4, -0.2) is 16.8 Å².